The number of anilines is 2. The molecular weight excluding hydrogens is 258 g/mol. The molecule has 2 rings (SSSR count). The molecule has 1 fully saturated rings. The van der Waals surface area contributed by atoms with E-state index in [1.54, 1.807) is 24.3 Å². The van der Waals surface area contributed by atoms with Gasteiger partial charge in [-0.25, -0.2) is 0 Å². The van der Waals surface area contributed by atoms with Gasteiger partial charge < -0.3 is 20.9 Å². The molecule has 0 aromatic heterocycles. The van der Waals surface area contributed by atoms with E-state index in [-0.39, 0.29) is 18.6 Å². The van der Waals surface area contributed by atoms with Gasteiger partial charge in [-0.05, 0) is 24.3 Å². The van der Waals surface area contributed by atoms with Gasteiger partial charge in [-0.15, -0.1) is 0 Å². The highest BCUT2D eigenvalue weighted by molar-refractivity contribution is 5.90. The number of carbonyl (C=O) groups excluding carboxylic acids is 1. The van der Waals surface area contributed by atoms with Gasteiger partial charge in [0.15, 0.2) is 0 Å². The summed E-state index contributed by atoms with van der Waals surface area (Å²) < 4.78 is 5.37. The van der Waals surface area contributed by atoms with E-state index < -0.39 is 0 Å². The Kier molecular flexibility index (Phi) is 5.34. The summed E-state index contributed by atoms with van der Waals surface area (Å²) in [5, 5.41) is 11.9. The van der Waals surface area contributed by atoms with Crippen LogP contribution in [0.1, 0.15) is 6.42 Å². The predicted molar refractivity (Wildman–Crippen MR) is 77.4 cm³/mol. The zero-order chi connectivity index (χ0) is 14.4. The largest absolute Gasteiger partial charge is 0.399 e. The Labute approximate surface area is 118 Å². The summed E-state index contributed by atoms with van der Waals surface area (Å²) in [7, 11) is 0. The van der Waals surface area contributed by atoms with Gasteiger partial charge in [-0.3, -0.25) is 9.69 Å². The van der Waals surface area contributed by atoms with Crippen molar-refractivity contribution in [2.75, 3.05) is 43.9 Å². The maximum Gasteiger partial charge on any atom is 0.225 e. The lowest BCUT2D eigenvalue weighted by molar-refractivity contribution is -0.117. The highest BCUT2D eigenvalue weighted by Gasteiger charge is 2.19. The average molecular weight is 279 g/mol. The van der Waals surface area contributed by atoms with Crippen molar-refractivity contribution in [3.8, 4) is 0 Å². The van der Waals surface area contributed by atoms with Crippen molar-refractivity contribution in [2.24, 2.45) is 0 Å². The Hall–Kier alpha value is -1.63. The first-order valence-corrected chi connectivity index (χ1v) is 6.77. The van der Waals surface area contributed by atoms with Crippen LogP contribution in [0.15, 0.2) is 24.3 Å². The Morgan fingerprint density at radius 1 is 1.45 bits per heavy atom. The van der Waals surface area contributed by atoms with E-state index in [9.17, 15) is 4.79 Å². The number of rotatable bonds is 5. The van der Waals surface area contributed by atoms with Crippen LogP contribution >= 0.6 is 0 Å². The van der Waals surface area contributed by atoms with E-state index in [1.807, 2.05) is 0 Å². The van der Waals surface area contributed by atoms with E-state index in [2.05, 4.69) is 10.2 Å². The van der Waals surface area contributed by atoms with Crippen molar-refractivity contribution in [2.45, 2.75) is 12.5 Å². The number of hydrogen-bond acceptors (Lipinski definition) is 5. The monoisotopic (exact) mass is 279 g/mol. The lowest BCUT2D eigenvalue weighted by atomic mass is 10.2. The fourth-order valence-electron chi connectivity index (χ4n) is 2.14. The van der Waals surface area contributed by atoms with Gasteiger partial charge in [0.25, 0.3) is 0 Å². The first kappa shape index (κ1) is 14.8. The number of nitrogens with zero attached hydrogens (tertiary/aromatic N) is 1. The van der Waals surface area contributed by atoms with Crippen molar-refractivity contribution >= 4 is 17.3 Å². The molecule has 1 aliphatic heterocycles. The number of morpholine rings is 1. The minimum absolute atomic E-state index is 0.0220. The number of nitrogen functional groups attached to an aromatic ring is 1. The van der Waals surface area contributed by atoms with Gasteiger partial charge in [0.1, 0.15) is 0 Å². The fraction of sp³-hybridized carbons (Fsp3) is 0.500. The molecule has 1 unspecified atom stereocenters. The highest BCUT2D eigenvalue weighted by Crippen LogP contribution is 2.11. The van der Waals surface area contributed by atoms with Crippen molar-refractivity contribution < 1.29 is 14.6 Å². The Morgan fingerprint density at radius 3 is 2.90 bits per heavy atom. The van der Waals surface area contributed by atoms with Crippen LogP contribution in [-0.2, 0) is 9.53 Å². The molecular formula is C14H21N3O3. The van der Waals surface area contributed by atoms with Gasteiger partial charge in [0.2, 0.25) is 5.91 Å². The predicted octanol–water partition coefficient (Wildman–Crippen LogP) is 0.291. The van der Waals surface area contributed by atoms with E-state index in [0.717, 1.165) is 12.2 Å². The first-order chi connectivity index (χ1) is 9.67. The molecule has 20 heavy (non-hydrogen) atoms. The number of nitrogens with two attached hydrogens (primary N) is 1. The summed E-state index contributed by atoms with van der Waals surface area (Å²) in [6.07, 6.45) is 0.284. The summed E-state index contributed by atoms with van der Waals surface area (Å²) in [5.74, 6) is -0.0261. The second-order valence-electron chi connectivity index (χ2n) is 4.90. The standard InChI is InChI=1S/C14H21N3O3/c15-11-1-3-12(4-2-11)16-14(19)5-6-17-7-8-20-13(9-17)10-18/h1-4,13,18H,5-10,15H2,(H,16,19). The Bertz CT molecular complexity index is 436. The Morgan fingerprint density at radius 2 is 2.20 bits per heavy atom. The molecule has 0 spiro atoms. The zero-order valence-electron chi connectivity index (χ0n) is 11.4. The van der Waals surface area contributed by atoms with E-state index in [0.29, 0.717) is 31.8 Å². The second-order valence-corrected chi connectivity index (χ2v) is 4.90. The van der Waals surface area contributed by atoms with Crippen LogP contribution in [0, 0.1) is 0 Å². The third-order valence-electron chi connectivity index (χ3n) is 3.28. The number of hydrogen-bond donors (Lipinski definition) is 3. The maximum absolute atomic E-state index is 11.8. The van der Waals surface area contributed by atoms with Crippen molar-refractivity contribution in [3.63, 3.8) is 0 Å². The molecule has 0 saturated carbocycles. The molecule has 4 N–H and O–H groups in total. The van der Waals surface area contributed by atoms with Crippen LogP contribution in [0.25, 0.3) is 0 Å². The summed E-state index contributed by atoms with van der Waals surface area (Å²) in [4.78, 5) is 14.0. The molecule has 1 aromatic rings. The molecule has 1 atom stereocenters. The van der Waals surface area contributed by atoms with Crippen LogP contribution in [-0.4, -0.2) is 54.9 Å². The van der Waals surface area contributed by atoms with Crippen LogP contribution in [0.4, 0.5) is 11.4 Å². The molecule has 0 radical (unpaired) electrons. The van der Waals surface area contributed by atoms with Crippen LogP contribution in [0.5, 0.6) is 0 Å². The van der Waals surface area contributed by atoms with Gasteiger partial charge in [0.05, 0.1) is 19.3 Å². The van der Waals surface area contributed by atoms with Crippen LogP contribution < -0.4 is 11.1 Å². The molecule has 1 heterocycles. The van der Waals surface area contributed by atoms with Crippen molar-refractivity contribution in [3.05, 3.63) is 24.3 Å². The number of aliphatic hydroxyl groups excluding tert-OH is 1. The topological polar surface area (TPSA) is 87.8 Å². The van der Waals surface area contributed by atoms with Gasteiger partial charge in [-0.1, -0.05) is 0 Å². The van der Waals surface area contributed by atoms with Crippen LogP contribution in [0.3, 0.4) is 0 Å². The maximum atomic E-state index is 11.8. The molecule has 110 valence electrons. The molecule has 6 heteroatoms. The van der Waals surface area contributed by atoms with E-state index >= 15 is 0 Å². The Balaban J connectivity index is 1.73. The summed E-state index contributed by atoms with van der Waals surface area (Å²) in [6, 6.07) is 7.07. The first-order valence-electron chi connectivity index (χ1n) is 6.77. The molecule has 1 amide bonds. The lowest BCUT2D eigenvalue weighted by Gasteiger charge is -2.31. The minimum atomic E-state index is -0.135. The number of aliphatic hydroxyl groups is 1. The summed E-state index contributed by atoms with van der Waals surface area (Å²) in [6.45, 7) is 2.76. The second kappa shape index (κ2) is 7.23. The van der Waals surface area contributed by atoms with Gasteiger partial charge in [0, 0.05) is 37.4 Å². The normalized spacial score (nSPS) is 19.8. The minimum Gasteiger partial charge on any atom is -0.399 e. The molecule has 1 saturated heterocycles. The van der Waals surface area contributed by atoms with Gasteiger partial charge >= 0.3 is 0 Å². The molecule has 0 aliphatic carbocycles. The smallest absolute Gasteiger partial charge is 0.225 e. The fourth-order valence-corrected chi connectivity index (χ4v) is 2.14. The number of carbonyl (C=O) groups is 1. The number of nitrogens with one attached hydrogen (secondary N) is 1. The van der Waals surface area contributed by atoms with E-state index in [4.69, 9.17) is 15.6 Å². The molecule has 1 aromatic carbocycles. The average Bonchev–Trinajstić information content (AvgIpc) is 2.48. The summed E-state index contributed by atoms with van der Waals surface area (Å²) in [5.41, 5.74) is 7.01. The van der Waals surface area contributed by atoms with Gasteiger partial charge in [-0.2, -0.15) is 0 Å². The van der Waals surface area contributed by atoms with Crippen molar-refractivity contribution in [1.82, 2.24) is 4.90 Å². The quantitative estimate of drug-likeness (QED) is 0.674. The SMILES string of the molecule is Nc1ccc(NC(=O)CCN2CCOC(CO)C2)cc1. The third-order valence-corrected chi connectivity index (χ3v) is 3.28. The molecule has 0 bridgehead atoms. The van der Waals surface area contributed by atoms with Crippen molar-refractivity contribution in [1.29, 1.82) is 0 Å². The lowest BCUT2D eigenvalue weighted by Crippen LogP contribution is -2.44. The summed E-state index contributed by atoms with van der Waals surface area (Å²) >= 11 is 0. The number of amides is 1. The number of ether oxygens (including phenoxy) is 1. The third kappa shape index (κ3) is 4.48. The van der Waals surface area contributed by atoms with E-state index in [1.165, 1.54) is 0 Å². The molecule has 1 aliphatic rings. The zero-order valence-corrected chi connectivity index (χ0v) is 11.4. The molecule has 6 nitrogen and oxygen atoms in total. The highest BCUT2D eigenvalue weighted by atomic mass is 16.5. The van der Waals surface area contributed by atoms with Crippen LogP contribution in [0.2, 0.25) is 0 Å². The number of benzene rings is 1.